The molecule has 0 atom stereocenters. The van der Waals surface area contributed by atoms with Crippen molar-refractivity contribution in [3.8, 4) is 5.75 Å². The first kappa shape index (κ1) is 13.8. The Morgan fingerprint density at radius 3 is 2.26 bits per heavy atom. The average Bonchev–Trinajstić information content (AvgIpc) is 2.39. The molecule has 1 heterocycles. The Kier molecular flexibility index (Phi) is 3.77. The summed E-state index contributed by atoms with van der Waals surface area (Å²) in [6.45, 7) is 2.71. The van der Waals surface area contributed by atoms with Gasteiger partial charge in [0.25, 0.3) is 0 Å². The number of para-hydroxylation sites is 1. The van der Waals surface area contributed by atoms with E-state index in [1.807, 2.05) is 0 Å². The number of phenolic OH excluding ortho intramolecular Hbond substituents is 1. The van der Waals surface area contributed by atoms with Crippen LogP contribution in [0.2, 0.25) is 0 Å². The summed E-state index contributed by atoms with van der Waals surface area (Å²) in [5.74, 6) is -0.309. The molecule has 7 heteroatoms. The number of carbonyl (C=O) groups is 1. The number of aromatic hydroxyl groups is 1. The van der Waals surface area contributed by atoms with Gasteiger partial charge in [0.15, 0.2) is 0 Å². The summed E-state index contributed by atoms with van der Waals surface area (Å²) in [5, 5.41) is 9.65. The minimum atomic E-state index is -3.70. The van der Waals surface area contributed by atoms with Crippen LogP contribution < -0.4 is 0 Å². The van der Waals surface area contributed by atoms with Gasteiger partial charge in [0.2, 0.25) is 15.9 Å². The number of hydrogen-bond acceptors (Lipinski definition) is 4. The summed E-state index contributed by atoms with van der Waals surface area (Å²) in [7, 11) is -3.70. The molecular formula is C12H16N2O4S. The van der Waals surface area contributed by atoms with Gasteiger partial charge in [-0.05, 0) is 12.1 Å². The average molecular weight is 284 g/mol. The molecule has 1 N–H and O–H groups in total. The third-order valence-electron chi connectivity index (χ3n) is 3.17. The predicted octanol–water partition coefficient (Wildman–Crippen LogP) is 0.245. The van der Waals surface area contributed by atoms with E-state index in [0.717, 1.165) is 0 Å². The summed E-state index contributed by atoms with van der Waals surface area (Å²) in [4.78, 5) is 12.7. The van der Waals surface area contributed by atoms with E-state index >= 15 is 0 Å². The molecule has 6 nitrogen and oxygen atoms in total. The first-order chi connectivity index (χ1) is 8.93. The van der Waals surface area contributed by atoms with Crippen molar-refractivity contribution < 1.29 is 18.3 Å². The first-order valence-electron chi connectivity index (χ1n) is 5.96. The number of sulfonamides is 1. The van der Waals surface area contributed by atoms with Crippen molar-refractivity contribution in [2.24, 2.45) is 0 Å². The summed E-state index contributed by atoms with van der Waals surface area (Å²) >= 11 is 0. The topological polar surface area (TPSA) is 77.9 Å². The molecule has 1 amide bonds. The Hall–Kier alpha value is -1.60. The van der Waals surface area contributed by atoms with Crippen LogP contribution in [0.4, 0.5) is 0 Å². The van der Waals surface area contributed by atoms with Gasteiger partial charge in [-0.15, -0.1) is 0 Å². The Balaban J connectivity index is 2.19. The number of nitrogens with zero attached hydrogens (tertiary/aromatic N) is 2. The predicted molar refractivity (Wildman–Crippen MR) is 69.1 cm³/mol. The highest BCUT2D eigenvalue weighted by molar-refractivity contribution is 7.89. The fraction of sp³-hybridized carbons (Fsp3) is 0.417. The summed E-state index contributed by atoms with van der Waals surface area (Å²) in [5.41, 5.74) is 0. The third-order valence-corrected chi connectivity index (χ3v) is 5.11. The Bertz CT molecular complexity index is 577. The number of rotatable bonds is 2. The van der Waals surface area contributed by atoms with Gasteiger partial charge in [-0.3, -0.25) is 4.79 Å². The van der Waals surface area contributed by atoms with E-state index in [1.54, 1.807) is 17.0 Å². The summed E-state index contributed by atoms with van der Waals surface area (Å²) in [6.07, 6.45) is 0. The molecule has 0 saturated carbocycles. The lowest BCUT2D eigenvalue weighted by Crippen LogP contribution is -2.49. The highest BCUT2D eigenvalue weighted by Gasteiger charge is 2.30. The van der Waals surface area contributed by atoms with E-state index in [2.05, 4.69) is 0 Å². The van der Waals surface area contributed by atoms with E-state index in [-0.39, 0.29) is 29.6 Å². The van der Waals surface area contributed by atoms with Gasteiger partial charge in [-0.1, -0.05) is 12.1 Å². The maximum Gasteiger partial charge on any atom is 0.246 e. The van der Waals surface area contributed by atoms with E-state index in [9.17, 15) is 18.3 Å². The van der Waals surface area contributed by atoms with Crippen molar-refractivity contribution >= 4 is 15.9 Å². The molecule has 0 unspecified atom stereocenters. The molecule has 1 aromatic rings. The lowest BCUT2D eigenvalue weighted by atomic mass is 10.3. The minimum absolute atomic E-state index is 0.0559. The number of amides is 1. The Labute approximate surface area is 112 Å². The second kappa shape index (κ2) is 5.18. The van der Waals surface area contributed by atoms with Crippen LogP contribution in [-0.2, 0) is 14.8 Å². The van der Waals surface area contributed by atoms with Gasteiger partial charge in [0.05, 0.1) is 0 Å². The normalized spacial score (nSPS) is 17.4. The molecule has 1 fully saturated rings. The van der Waals surface area contributed by atoms with Gasteiger partial charge in [-0.25, -0.2) is 8.42 Å². The van der Waals surface area contributed by atoms with Crippen molar-refractivity contribution in [2.45, 2.75) is 11.8 Å². The SMILES string of the molecule is CC(=O)N1CCN(S(=O)(=O)c2ccccc2O)CC1. The number of phenols is 1. The minimum Gasteiger partial charge on any atom is -0.507 e. The van der Waals surface area contributed by atoms with Crippen LogP contribution in [0, 0.1) is 0 Å². The van der Waals surface area contributed by atoms with Crippen molar-refractivity contribution in [3.63, 3.8) is 0 Å². The van der Waals surface area contributed by atoms with Crippen molar-refractivity contribution in [1.82, 2.24) is 9.21 Å². The first-order valence-corrected chi connectivity index (χ1v) is 7.40. The second-order valence-electron chi connectivity index (χ2n) is 4.38. The van der Waals surface area contributed by atoms with Crippen LogP contribution in [0.1, 0.15) is 6.92 Å². The molecule has 0 spiro atoms. The molecule has 0 aromatic heterocycles. The summed E-state index contributed by atoms with van der Waals surface area (Å²) < 4.78 is 26.0. The number of benzene rings is 1. The molecule has 0 aliphatic carbocycles. The van der Waals surface area contributed by atoms with Gasteiger partial charge >= 0.3 is 0 Å². The molecule has 0 bridgehead atoms. The lowest BCUT2D eigenvalue weighted by Gasteiger charge is -2.33. The molecule has 2 rings (SSSR count). The number of piperazine rings is 1. The van der Waals surface area contributed by atoms with Crippen LogP contribution in [0.25, 0.3) is 0 Å². The van der Waals surface area contributed by atoms with Gasteiger partial charge in [0.1, 0.15) is 10.6 Å². The van der Waals surface area contributed by atoms with Crippen molar-refractivity contribution in [2.75, 3.05) is 26.2 Å². The fourth-order valence-corrected chi connectivity index (χ4v) is 3.56. The van der Waals surface area contributed by atoms with Gasteiger partial charge < -0.3 is 10.0 Å². The molecule has 1 aliphatic rings. The monoisotopic (exact) mass is 284 g/mol. The number of carbonyl (C=O) groups excluding carboxylic acids is 1. The third kappa shape index (κ3) is 2.71. The zero-order valence-corrected chi connectivity index (χ0v) is 11.4. The van der Waals surface area contributed by atoms with Gasteiger partial charge in [0, 0.05) is 33.1 Å². The smallest absolute Gasteiger partial charge is 0.246 e. The second-order valence-corrected chi connectivity index (χ2v) is 6.28. The maximum absolute atomic E-state index is 12.3. The largest absolute Gasteiger partial charge is 0.507 e. The van der Waals surface area contributed by atoms with Crippen LogP contribution in [0.3, 0.4) is 0 Å². The van der Waals surface area contributed by atoms with Crippen molar-refractivity contribution in [1.29, 1.82) is 0 Å². The molecule has 104 valence electrons. The molecule has 19 heavy (non-hydrogen) atoms. The number of hydrogen-bond donors (Lipinski definition) is 1. The molecule has 1 aromatic carbocycles. The van der Waals surface area contributed by atoms with Crippen LogP contribution >= 0.6 is 0 Å². The molecule has 1 aliphatic heterocycles. The van der Waals surface area contributed by atoms with Gasteiger partial charge in [-0.2, -0.15) is 4.31 Å². The highest BCUT2D eigenvalue weighted by atomic mass is 32.2. The molecule has 0 radical (unpaired) electrons. The fourth-order valence-electron chi connectivity index (χ4n) is 2.06. The molecule has 1 saturated heterocycles. The van der Waals surface area contributed by atoms with E-state index < -0.39 is 10.0 Å². The van der Waals surface area contributed by atoms with E-state index in [0.29, 0.717) is 13.1 Å². The zero-order valence-electron chi connectivity index (χ0n) is 10.6. The van der Waals surface area contributed by atoms with Crippen LogP contribution in [0.5, 0.6) is 5.75 Å². The summed E-state index contributed by atoms with van der Waals surface area (Å²) in [6, 6.07) is 5.86. The van der Waals surface area contributed by atoms with Crippen LogP contribution in [0.15, 0.2) is 29.2 Å². The quantitative estimate of drug-likeness (QED) is 0.844. The maximum atomic E-state index is 12.3. The lowest BCUT2D eigenvalue weighted by molar-refractivity contribution is -0.129. The van der Waals surface area contributed by atoms with E-state index in [4.69, 9.17) is 0 Å². The zero-order chi connectivity index (χ0) is 14.0. The Morgan fingerprint density at radius 2 is 1.74 bits per heavy atom. The van der Waals surface area contributed by atoms with Crippen molar-refractivity contribution in [3.05, 3.63) is 24.3 Å². The standard InChI is InChI=1S/C12H16N2O4S/c1-10(15)13-6-8-14(9-7-13)19(17,18)12-5-3-2-4-11(12)16/h2-5,16H,6-9H2,1H3. The Morgan fingerprint density at radius 1 is 1.16 bits per heavy atom. The van der Waals surface area contributed by atoms with E-state index in [1.165, 1.54) is 23.4 Å². The molecular weight excluding hydrogens is 268 g/mol. The highest BCUT2D eigenvalue weighted by Crippen LogP contribution is 2.25. The van der Waals surface area contributed by atoms with Crippen LogP contribution in [-0.4, -0.2) is 54.8 Å².